The lowest BCUT2D eigenvalue weighted by Gasteiger charge is -2.31. The van der Waals surface area contributed by atoms with Gasteiger partial charge in [-0.3, -0.25) is 4.90 Å². The number of nitrogens with zero attached hydrogens (tertiary/aromatic N) is 1. The summed E-state index contributed by atoms with van der Waals surface area (Å²) in [6.45, 7) is 7.13. The van der Waals surface area contributed by atoms with Gasteiger partial charge in [-0.1, -0.05) is 19.1 Å². The lowest BCUT2D eigenvalue weighted by Crippen LogP contribution is -2.35. The molecule has 0 spiro atoms. The van der Waals surface area contributed by atoms with E-state index in [1.165, 1.54) is 31.5 Å². The molecule has 1 aromatic rings. The minimum atomic E-state index is 0.732. The van der Waals surface area contributed by atoms with Crippen LogP contribution in [-0.2, 0) is 6.54 Å². The van der Waals surface area contributed by atoms with E-state index in [-0.39, 0.29) is 0 Å². The molecule has 0 aromatic heterocycles. The summed E-state index contributed by atoms with van der Waals surface area (Å²) in [5, 5.41) is 0. The molecular formula is C16H26N2O. The van der Waals surface area contributed by atoms with Crippen molar-refractivity contribution in [1.82, 2.24) is 4.90 Å². The summed E-state index contributed by atoms with van der Waals surface area (Å²) in [5.41, 5.74) is 7.08. The first kappa shape index (κ1) is 14.4. The van der Waals surface area contributed by atoms with Crippen LogP contribution >= 0.6 is 0 Å². The molecule has 0 amide bonds. The molecule has 3 nitrogen and oxygen atoms in total. The Morgan fingerprint density at radius 1 is 1.32 bits per heavy atom. The van der Waals surface area contributed by atoms with Crippen molar-refractivity contribution in [1.29, 1.82) is 0 Å². The molecule has 2 rings (SSSR count). The van der Waals surface area contributed by atoms with Crippen LogP contribution in [0.5, 0.6) is 5.75 Å². The monoisotopic (exact) mass is 262 g/mol. The molecule has 3 heteroatoms. The molecular weight excluding hydrogens is 236 g/mol. The number of ether oxygens (including phenoxy) is 1. The lowest BCUT2D eigenvalue weighted by atomic mass is 9.97. The lowest BCUT2D eigenvalue weighted by molar-refractivity contribution is 0.180. The van der Waals surface area contributed by atoms with E-state index in [0.717, 1.165) is 37.8 Å². The summed E-state index contributed by atoms with van der Waals surface area (Å²) in [6, 6.07) is 8.49. The molecule has 0 aliphatic carbocycles. The van der Waals surface area contributed by atoms with Gasteiger partial charge in [0, 0.05) is 6.54 Å². The Kier molecular flexibility index (Phi) is 5.67. The van der Waals surface area contributed by atoms with Gasteiger partial charge in [-0.25, -0.2) is 0 Å². The van der Waals surface area contributed by atoms with Gasteiger partial charge in [-0.05, 0) is 62.5 Å². The molecule has 19 heavy (non-hydrogen) atoms. The van der Waals surface area contributed by atoms with Crippen molar-refractivity contribution >= 4 is 0 Å². The van der Waals surface area contributed by atoms with Gasteiger partial charge < -0.3 is 10.5 Å². The number of piperidine rings is 1. The number of hydrogen-bond donors (Lipinski definition) is 1. The Labute approximate surface area is 116 Å². The second kappa shape index (κ2) is 7.51. The van der Waals surface area contributed by atoms with E-state index in [4.69, 9.17) is 10.5 Å². The largest absolute Gasteiger partial charge is 0.494 e. The van der Waals surface area contributed by atoms with E-state index < -0.39 is 0 Å². The maximum atomic E-state index is 5.73. The molecule has 0 saturated carbocycles. The SMILES string of the molecule is CCCOc1cccc(CN2CCC(CN)CC2)c1. The van der Waals surface area contributed by atoms with Gasteiger partial charge in [0.1, 0.15) is 5.75 Å². The number of nitrogens with two attached hydrogens (primary N) is 1. The Morgan fingerprint density at radius 3 is 2.79 bits per heavy atom. The fourth-order valence-corrected chi connectivity index (χ4v) is 2.59. The molecule has 1 aromatic carbocycles. The molecule has 0 bridgehead atoms. The third kappa shape index (κ3) is 4.51. The van der Waals surface area contributed by atoms with Crippen LogP contribution in [0.25, 0.3) is 0 Å². The zero-order valence-corrected chi connectivity index (χ0v) is 12.0. The first-order chi connectivity index (χ1) is 9.31. The van der Waals surface area contributed by atoms with Gasteiger partial charge in [0.25, 0.3) is 0 Å². The summed E-state index contributed by atoms with van der Waals surface area (Å²) in [6.07, 6.45) is 3.53. The normalized spacial score (nSPS) is 17.6. The summed E-state index contributed by atoms with van der Waals surface area (Å²) in [5.74, 6) is 1.73. The maximum Gasteiger partial charge on any atom is 0.119 e. The minimum Gasteiger partial charge on any atom is -0.494 e. The van der Waals surface area contributed by atoms with Crippen molar-refractivity contribution in [2.45, 2.75) is 32.7 Å². The topological polar surface area (TPSA) is 38.5 Å². The number of rotatable bonds is 6. The van der Waals surface area contributed by atoms with Crippen molar-refractivity contribution < 1.29 is 4.74 Å². The number of hydrogen-bond acceptors (Lipinski definition) is 3. The van der Waals surface area contributed by atoms with Crippen LogP contribution < -0.4 is 10.5 Å². The fraction of sp³-hybridized carbons (Fsp3) is 0.625. The minimum absolute atomic E-state index is 0.732. The Morgan fingerprint density at radius 2 is 2.11 bits per heavy atom. The third-order valence-corrected chi connectivity index (χ3v) is 3.82. The van der Waals surface area contributed by atoms with Crippen LogP contribution in [0.3, 0.4) is 0 Å². The highest BCUT2D eigenvalue weighted by molar-refractivity contribution is 5.28. The smallest absolute Gasteiger partial charge is 0.119 e. The number of likely N-dealkylation sites (tertiary alicyclic amines) is 1. The fourth-order valence-electron chi connectivity index (χ4n) is 2.59. The predicted octanol–water partition coefficient (Wildman–Crippen LogP) is 2.65. The number of benzene rings is 1. The van der Waals surface area contributed by atoms with Crippen molar-refractivity contribution in [2.75, 3.05) is 26.2 Å². The molecule has 0 radical (unpaired) electrons. The van der Waals surface area contributed by atoms with Crippen LogP contribution in [0.4, 0.5) is 0 Å². The van der Waals surface area contributed by atoms with Crippen molar-refractivity contribution in [3.05, 3.63) is 29.8 Å². The van der Waals surface area contributed by atoms with E-state index in [1.54, 1.807) is 0 Å². The highest BCUT2D eigenvalue weighted by Crippen LogP contribution is 2.20. The van der Waals surface area contributed by atoms with E-state index in [2.05, 4.69) is 30.0 Å². The van der Waals surface area contributed by atoms with Crippen LogP contribution in [0, 0.1) is 5.92 Å². The van der Waals surface area contributed by atoms with E-state index in [1.807, 2.05) is 6.07 Å². The molecule has 1 heterocycles. The molecule has 106 valence electrons. The summed E-state index contributed by atoms with van der Waals surface area (Å²) in [4.78, 5) is 2.52. The molecule has 1 aliphatic heterocycles. The zero-order valence-electron chi connectivity index (χ0n) is 12.0. The van der Waals surface area contributed by atoms with Crippen molar-refractivity contribution in [3.63, 3.8) is 0 Å². The molecule has 1 saturated heterocycles. The summed E-state index contributed by atoms with van der Waals surface area (Å²) in [7, 11) is 0. The predicted molar refractivity (Wildman–Crippen MR) is 79.3 cm³/mol. The van der Waals surface area contributed by atoms with E-state index in [0.29, 0.717) is 0 Å². The molecule has 2 N–H and O–H groups in total. The first-order valence-corrected chi connectivity index (χ1v) is 7.46. The highest BCUT2D eigenvalue weighted by Gasteiger charge is 2.17. The molecule has 1 fully saturated rings. The molecule has 0 unspecified atom stereocenters. The molecule has 1 aliphatic rings. The Balaban J connectivity index is 1.85. The Bertz CT molecular complexity index is 373. The second-order valence-corrected chi connectivity index (χ2v) is 5.45. The standard InChI is InChI=1S/C16H26N2O/c1-2-10-19-16-5-3-4-15(11-16)13-18-8-6-14(12-17)7-9-18/h3-5,11,14H,2,6-10,12-13,17H2,1H3. The van der Waals surface area contributed by atoms with Crippen LogP contribution in [-0.4, -0.2) is 31.1 Å². The van der Waals surface area contributed by atoms with Gasteiger partial charge in [0.05, 0.1) is 6.61 Å². The van der Waals surface area contributed by atoms with Gasteiger partial charge in [0.2, 0.25) is 0 Å². The third-order valence-electron chi connectivity index (χ3n) is 3.82. The van der Waals surface area contributed by atoms with Gasteiger partial charge in [-0.15, -0.1) is 0 Å². The quantitative estimate of drug-likeness (QED) is 0.856. The maximum absolute atomic E-state index is 5.73. The van der Waals surface area contributed by atoms with Crippen LogP contribution in [0.15, 0.2) is 24.3 Å². The average molecular weight is 262 g/mol. The van der Waals surface area contributed by atoms with E-state index in [9.17, 15) is 0 Å². The molecule has 0 atom stereocenters. The van der Waals surface area contributed by atoms with E-state index >= 15 is 0 Å². The summed E-state index contributed by atoms with van der Waals surface area (Å²) >= 11 is 0. The van der Waals surface area contributed by atoms with Crippen LogP contribution in [0.2, 0.25) is 0 Å². The highest BCUT2D eigenvalue weighted by atomic mass is 16.5. The van der Waals surface area contributed by atoms with Gasteiger partial charge in [0.15, 0.2) is 0 Å². The van der Waals surface area contributed by atoms with Crippen LogP contribution in [0.1, 0.15) is 31.7 Å². The van der Waals surface area contributed by atoms with Gasteiger partial charge in [-0.2, -0.15) is 0 Å². The first-order valence-electron chi connectivity index (χ1n) is 7.46. The summed E-state index contributed by atoms with van der Waals surface area (Å²) < 4.78 is 5.68. The van der Waals surface area contributed by atoms with Crippen molar-refractivity contribution in [2.24, 2.45) is 11.7 Å². The zero-order chi connectivity index (χ0) is 13.5. The van der Waals surface area contributed by atoms with Crippen molar-refractivity contribution in [3.8, 4) is 5.75 Å². The van der Waals surface area contributed by atoms with Gasteiger partial charge >= 0.3 is 0 Å². The average Bonchev–Trinajstić information content (AvgIpc) is 2.46. The second-order valence-electron chi connectivity index (χ2n) is 5.45. The Hall–Kier alpha value is -1.06.